The highest BCUT2D eigenvalue weighted by atomic mass is 32.2. The summed E-state index contributed by atoms with van der Waals surface area (Å²) >= 11 is 1.73. The first-order valence-corrected chi connectivity index (χ1v) is 8.64. The molecular formula is C16H25N3OS. The standard InChI is InChI=1S/C16H25N3OS/c1-3-21-14-8-4-7-13(15(14)16(17)18-20)19-10-5-6-12(2)9-11-19/h4,7-8,12,20H,3,5-6,9-11H2,1-2H3,(H2,17,18). The van der Waals surface area contributed by atoms with Crippen LogP contribution in [0.15, 0.2) is 28.3 Å². The smallest absolute Gasteiger partial charge is 0.173 e. The Morgan fingerprint density at radius 1 is 1.43 bits per heavy atom. The van der Waals surface area contributed by atoms with Gasteiger partial charge in [-0.25, -0.2) is 0 Å². The molecule has 0 bridgehead atoms. The quantitative estimate of drug-likeness (QED) is 0.294. The molecule has 116 valence electrons. The molecule has 1 aliphatic rings. The lowest BCUT2D eigenvalue weighted by molar-refractivity contribution is 0.318. The maximum Gasteiger partial charge on any atom is 0.173 e. The largest absolute Gasteiger partial charge is 0.409 e. The Hall–Kier alpha value is -1.36. The van der Waals surface area contributed by atoms with Crippen molar-refractivity contribution >= 4 is 23.3 Å². The van der Waals surface area contributed by atoms with E-state index in [9.17, 15) is 0 Å². The molecule has 0 aliphatic carbocycles. The summed E-state index contributed by atoms with van der Waals surface area (Å²) in [5.41, 5.74) is 7.93. The molecule has 4 nitrogen and oxygen atoms in total. The number of amidine groups is 1. The number of oxime groups is 1. The number of anilines is 1. The minimum atomic E-state index is 0.207. The second-order valence-corrected chi connectivity index (χ2v) is 6.90. The second kappa shape index (κ2) is 7.59. The number of benzene rings is 1. The van der Waals surface area contributed by atoms with Crippen LogP contribution in [0.3, 0.4) is 0 Å². The molecule has 21 heavy (non-hydrogen) atoms. The summed E-state index contributed by atoms with van der Waals surface area (Å²) in [6.45, 7) is 6.50. The van der Waals surface area contributed by atoms with Gasteiger partial charge in [0.1, 0.15) is 0 Å². The van der Waals surface area contributed by atoms with Crippen molar-refractivity contribution in [3.05, 3.63) is 23.8 Å². The molecule has 1 unspecified atom stereocenters. The van der Waals surface area contributed by atoms with Gasteiger partial charge >= 0.3 is 0 Å². The molecule has 0 amide bonds. The van der Waals surface area contributed by atoms with Crippen LogP contribution in [0, 0.1) is 5.92 Å². The molecule has 1 fully saturated rings. The first kappa shape index (κ1) is 16.0. The summed E-state index contributed by atoms with van der Waals surface area (Å²) in [6, 6.07) is 6.20. The Morgan fingerprint density at radius 3 is 2.95 bits per heavy atom. The maximum atomic E-state index is 9.14. The van der Waals surface area contributed by atoms with Gasteiger partial charge in [0.15, 0.2) is 5.84 Å². The van der Waals surface area contributed by atoms with Gasteiger partial charge in [-0.2, -0.15) is 0 Å². The topological polar surface area (TPSA) is 61.8 Å². The number of rotatable bonds is 4. The van der Waals surface area contributed by atoms with Crippen molar-refractivity contribution < 1.29 is 5.21 Å². The lowest BCUT2D eigenvalue weighted by Gasteiger charge is -2.26. The van der Waals surface area contributed by atoms with Crippen LogP contribution < -0.4 is 10.6 Å². The zero-order valence-electron chi connectivity index (χ0n) is 12.9. The Bertz CT molecular complexity index is 504. The molecule has 5 heteroatoms. The molecule has 1 saturated heterocycles. The molecular weight excluding hydrogens is 282 g/mol. The van der Waals surface area contributed by atoms with Crippen LogP contribution in [0.1, 0.15) is 38.7 Å². The zero-order valence-corrected chi connectivity index (χ0v) is 13.7. The van der Waals surface area contributed by atoms with Gasteiger partial charge in [0.2, 0.25) is 0 Å². The van der Waals surface area contributed by atoms with E-state index in [1.807, 2.05) is 6.07 Å². The summed E-state index contributed by atoms with van der Waals surface area (Å²) in [5.74, 6) is 1.95. The predicted octanol–water partition coefficient (Wildman–Crippen LogP) is 3.52. The van der Waals surface area contributed by atoms with Crippen molar-refractivity contribution in [1.29, 1.82) is 0 Å². The summed E-state index contributed by atoms with van der Waals surface area (Å²) in [6.07, 6.45) is 3.67. The van der Waals surface area contributed by atoms with Crippen LogP contribution in [-0.4, -0.2) is 29.9 Å². The van der Waals surface area contributed by atoms with Crippen LogP contribution in [-0.2, 0) is 0 Å². The van der Waals surface area contributed by atoms with Gasteiger partial charge in [-0.1, -0.05) is 25.1 Å². The van der Waals surface area contributed by atoms with Gasteiger partial charge in [-0.05, 0) is 43.1 Å². The molecule has 1 aliphatic heterocycles. The van der Waals surface area contributed by atoms with Gasteiger partial charge in [0, 0.05) is 23.7 Å². The molecule has 1 aromatic rings. The average Bonchev–Trinajstić information content (AvgIpc) is 2.71. The Kier molecular flexibility index (Phi) is 5.79. The number of thioether (sulfide) groups is 1. The molecule has 2 rings (SSSR count). The zero-order chi connectivity index (χ0) is 15.2. The SMILES string of the molecule is CCSc1cccc(N2CCCC(C)CC2)c1/C(N)=N/O. The van der Waals surface area contributed by atoms with Gasteiger partial charge in [-0.3, -0.25) is 0 Å². The summed E-state index contributed by atoms with van der Waals surface area (Å²) in [5, 5.41) is 12.4. The van der Waals surface area contributed by atoms with E-state index >= 15 is 0 Å². The molecule has 0 spiro atoms. The third-order valence-electron chi connectivity index (χ3n) is 4.03. The van der Waals surface area contributed by atoms with Crippen molar-refractivity contribution in [3.63, 3.8) is 0 Å². The molecule has 0 aromatic heterocycles. The fourth-order valence-electron chi connectivity index (χ4n) is 2.87. The van der Waals surface area contributed by atoms with Crippen molar-refractivity contribution in [1.82, 2.24) is 0 Å². The highest BCUT2D eigenvalue weighted by molar-refractivity contribution is 7.99. The lowest BCUT2D eigenvalue weighted by atomic mass is 10.0. The maximum absolute atomic E-state index is 9.14. The number of hydrogen-bond acceptors (Lipinski definition) is 4. The summed E-state index contributed by atoms with van der Waals surface area (Å²) in [7, 11) is 0. The first-order chi connectivity index (χ1) is 10.2. The van der Waals surface area contributed by atoms with E-state index in [0.717, 1.165) is 40.9 Å². The third-order valence-corrected chi connectivity index (χ3v) is 4.97. The van der Waals surface area contributed by atoms with E-state index in [1.54, 1.807) is 11.8 Å². The van der Waals surface area contributed by atoms with Crippen LogP contribution in [0.25, 0.3) is 0 Å². The molecule has 0 radical (unpaired) electrons. The van der Waals surface area contributed by atoms with Crippen LogP contribution in [0.5, 0.6) is 0 Å². The molecule has 1 heterocycles. The Labute approximate surface area is 131 Å². The lowest BCUT2D eigenvalue weighted by Crippen LogP contribution is -2.28. The van der Waals surface area contributed by atoms with Crippen molar-refractivity contribution in [2.24, 2.45) is 16.8 Å². The summed E-state index contributed by atoms with van der Waals surface area (Å²) in [4.78, 5) is 3.47. The van der Waals surface area contributed by atoms with Gasteiger partial charge in [0.25, 0.3) is 0 Å². The minimum absolute atomic E-state index is 0.207. The molecule has 3 N–H and O–H groups in total. The fraction of sp³-hybridized carbons (Fsp3) is 0.562. The number of nitrogens with two attached hydrogens (primary N) is 1. The molecule has 1 aromatic carbocycles. The van der Waals surface area contributed by atoms with Crippen LogP contribution in [0.4, 0.5) is 5.69 Å². The van der Waals surface area contributed by atoms with Crippen molar-refractivity contribution in [2.75, 3.05) is 23.7 Å². The molecule has 1 atom stereocenters. The highest BCUT2D eigenvalue weighted by Crippen LogP contribution is 2.32. The van der Waals surface area contributed by atoms with E-state index < -0.39 is 0 Å². The summed E-state index contributed by atoms with van der Waals surface area (Å²) < 4.78 is 0. The van der Waals surface area contributed by atoms with E-state index in [-0.39, 0.29) is 5.84 Å². The van der Waals surface area contributed by atoms with Crippen molar-refractivity contribution in [3.8, 4) is 0 Å². The first-order valence-electron chi connectivity index (χ1n) is 7.66. The van der Waals surface area contributed by atoms with Gasteiger partial charge in [0.05, 0.1) is 5.56 Å². The highest BCUT2D eigenvalue weighted by Gasteiger charge is 2.20. The van der Waals surface area contributed by atoms with E-state index in [4.69, 9.17) is 10.9 Å². The third kappa shape index (κ3) is 3.84. The minimum Gasteiger partial charge on any atom is -0.409 e. The van der Waals surface area contributed by atoms with Gasteiger partial charge in [-0.15, -0.1) is 11.8 Å². The molecule has 0 saturated carbocycles. The Balaban J connectivity index is 2.39. The second-order valence-electron chi connectivity index (χ2n) is 5.59. The number of hydrogen-bond donors (Lipinski definition) is 2. The van der Waals surface area contributed by atoms with E-state index in [1.165, 1.54) is 19.3 Å². The van der Waals surface area contributed by atoms with Crippen LogP contribution in [0.2, 0.25) is 0 Å². The van der Waals surface area contributed by atoms with Gasteiger partial charge < -0.3 is 15.8 Å². The fourth-order valence-corrected chi connectivity index (χ4v) is 3.71. The predicted molar refractivity (Wildman–Crippen MR) is 90.6 cm³/mol. The van der Waals surface area contributed by atoms with E-state index in [0.29, 0.717) is 0 Å². The average molecular weight is 307 g/mol. The van der Waals surface area contributed by atoms with Crippen molar-refractivity contribution in [2.45, 2.75) is 38.0 Å². The Morgan fingerprint density at radius 2 is 2.24 bits per heavy atom. The van der Waals surface area contributed by atoms with Crippen LogP contribution >= 0.6 is 11.8 Å². The monoisotopic (exact) mass is 307 g/mol. The normalized spacial score (nSPS) is 20.4. The van der Waals surface area contributed by atoms with E-state index in [2.05, 4.69) is 36.0 Å². The number of nitrogens with zero attached hydrogens (tertiary/aromatic N) is 2.